The Morgan fingerprint density at radius 3 is 2.42 bits per heavy atom. The van der Waals surface area contributed by atoms with Crippen LogP contribution >= 0.6 is 0 Å². The van der Waals surface area contributed by atoms with Crippen molar-refractivity contribution >= 4 is 11.7 Å². The zero-order valence-electron chi connectivity index (χ0n) is 9.88. The number of carboxylic acid groups (broad SMARTS) is 1. The van der Waals surface area contributed by atoms with Crippen molar-refractivity contribution in [1.82, 2.24) is 0 Å². The number of phenols is 1. The number of phenolic OH excluding ortho intramolecular Hbond substituents is 1. The monoisotopic (exact) mass is 261 g/mol. The molecule has 0 bridgehead atoms. The standard InChI is InChI=1S/C14H12FNO3/c15-11-8-9(6-7-12(11)17)13(14(18)19)16-10-4-2-1-3-5-10/h1-8,13,16-17H,(H,18,19). The summed E-state index contributed by atoms with van der Waals surface area (Å²) in [6.45, 7) is 0. The van der Waals surface area contributed by atoms with Crippen LogP contribution < -0.4 is 5.32 Å². The number of anilines is 1. The molecule has 98 valence electrons. The summed E-state index contributed by atoms with van der Waals surface area (Å²) in [4.78, 5) is 11.3. The number of nitrogens with one attached hydrogen (secondary N) is 1. The minimum absolute atomic E-state index is 0.228. The molecule has 19 heavy (non-hydrogen) atoms. The minimum atomic E-state index is -1.13. The summed E-state index contributed by atoms with van der Waals surface area (Å²) < 4.78 is 13.3. The molecule has 0 heterocycles. The number of aliphatic carboxylic acids is 1. The van der Waals surface area contributed by atoms with Gasteiger partial charge in [0.1, 0.15) is 0 Å². The van der Waals surface area contributed by atoms with Crippen molar-refractivity contribution in [1.29, 1.82) is 0 Å². The molecular weight excluding hydrogens is 249 g/mol. The first-order chi connectivity index (χ1) is 9.08. The smallest absolute Gasteiger partial charge is 0.330 e. The van der Waals surface area contributed by atoms with Crippen molar-refractivity contribution in [2.24, 2.45) is 0 Å². The molecular formula is C14H12FNO3. The lowest BCUT2D eigenvalue weighted by molar-refractivity contribution is -0.138. The summed E-state index contributed by atoms with van der Waals surface area (Å²) in [7, 11) is 0. The lowest BCUT2D eigenvalue weighted by atomic mass is 10.1. The zero-order chi connectivity index (χ0) is 13.8. The van der Waals surface area contributed by atoms with Crippen LogP contribution in [0.3, 0.4) is 0 Å². The lowest BCUT2D eigenvalue weighted by Gasteiger charge is -2.16. The van der Waals surface area contributed by atoms with E-state index < -0.39 is 23.6 Å². The number of carboxylic acids is 1. The second-order valence-electron chi connectivity index (χ2n) is 3.99. The number of hydrogen-bond donors (Lipinski definition) is 3. The summed E-state index contributed by atoms with van der Waals surface area (Å²) in [5, 5.41) is 21.1. The molecule has 0 radical (unpaired) electrons. The number of benzene rings is 2. The van der Waals surface area contributed by atoms with E-state index in [1.54, 1.807) is 30.3 Å². The fraction of sp³-hybridized carbons (Fsp3) is 0.0714. The Labute approximate surface area is 109 Å². The molecule has 3 N–H and O–H groups in total. The Morgan fingerprint density at radius 2 is 1.84 bits per heavy atom. The van der Waals surface area contributed by atoms with E-state index in [1.165, 1.54) is 6.07 Å². The Kier molecular flexibility index (Phi) is 3.66. The maximum absolute atomic E-state index is 13.3. The molecule has 0 aromatic heterocycles. The lowest BCUT2D eigenvalue weighted by Crippen LogP contribution is -2.20. The molecule has 0 amide bonds. The first kappa shape index (κ1) is 12.9. The molecule has 0 aliphatic heterocycles. The van der Waals surface area contributed by atoms with Gasteiger partial charge in [-0.1, -0.05) is 24.3 Å². The SMILES string of the molecule is O=C(O)C(Nc1ccccc1)c1ccc(O)c(F)c1. The average Bonchev–Trinajstić information content (AvgIpc) is 2.40. The van der Waals surface area contributed by atoms with Crippen LogP contribution in [0.4, 0.5) is 10.1 Å². The molecule has 0 aliphatic rings. The van der Waals surface area contributed by atoms with Crippen LogP contribution in [0.25, 0.3) is 0 Å². The van der Waals surface area contributed by atoms with Crippen molar-refractivity contribution in [3.05, 3.63) is 59.9 Å². The second kappa shape index (κ2) is 5.39. The predicted octanol–water partition coefficient (Wildman–Crippen LogP) is 2.77. The van der Waals surface area contributed by atoms with E-state index in [0.717, 1.165) is 12.1 Å². The van der Waals surface area contributed by atoms with Crippen LogP contribution in [0.1, 0.15) is 11.6 Å². The molecule has 2 rings (SSSR count). The van der Waals surface area contributed by atoms with Crippen LogP contribution in [0.5, 0.6) is 5.75 Å². The van der Waals surface area contributed by atoms with Gasteiger partial charge in [0.05, 0.1) is 0 Å². The van der Waals surface area contributed by atoms with Crippen molar-refractivity contribution in [2.75, 3.05) is 5.32 Å². The van der Waals surface area contributed by atoms with Crippen molar-refractivity contribution in [3.8, 4) is 5.75 Å². The maximum atomic E-state index is 13.3. The third-order valence-corrected chi connectivity index (χ3v) is 2.64. The van der Waals surface area contributed by atoms with E-state index in [0.29, 0.717) is 5.69 Å². The molecule has 1 atom stereocenters. The van der Waals surface area contributed by atoms with E-state index >= 15 is 0 Å². The number of halogens is 1. The highest BCUT2D eigenvalue weighted by Gasteiger charge is 2.20. The summed E-state index contributed by atoms with van der Waals surface area (Å²) in [6, 6.07) is 11.2. The van der Waals surface area contributed by atoms with Crippen molar-refractivity contribution < 1.29 is 19.4 Å². The predicted molar refractivity (Wildman–Crippen MR) is 68.5 cm³/mol. The van der Waals surface area contributed by atoms with Gasteiger partial charge < -0.3 is 15.5 Å². The van der Waals surface area contributed by atoms with Gasteiger partial charge in [0, 0.05) is 5.69 Å². The molecule has 0 aliphatic carbocycles. The van der Waals surface area contributed by atoms with Gasteiger partial charge in [-0.25, -0.2) is 9.18 Å². The second-order valence-corrected chi connectivity index (χ2v) is 3.99. The number of para-hydroxylation sites is 1. The topological polar surface area (TPSA) is 69.6 Å². The van der Waals surface area contributed by atoms with Gasteiger partial charge in [-0.05, 0) is 29.8 Å². The van der Waals surface area contributed by atoms with Crippen LogP contribution in [-0.2, 0) is 4.79 Å². The van der Waals surface area contributed by atoms with Gasteiger partial charge in [-0.3, -0.25) is 0 Å². The van der Waals surface area contributed by atoms with Gasteiger partial charge in [-0.15, -0.1) is 0 Å². The number of hydrogen-bond acceptors (Lipinski definition) is 3. The van der Waals surface area contributed by atoms with Gasteiger partial charge in [-0.2, -0.15) is 0 Å². The molecule has 2 aromatic carbocycles. The highest BCUT2D eigenvalue weighted by atomic mass is 19.1. The largest absolute Gasteiger partial charge is 0.505 e. The Hall–Kier alpha value is -2.56. The van der Waals surface area contributed by atoms with Gasteiger partial charge >= 0.3 is 5.97 Å². The molecule has 5 heteroatoms. The third kappa shape index (κ3) is 3.01. The van der Waals surface area contributed by atoms with Crippen LogP contribution in [0.15, 0.2) is 48.5 Å². The molecule has 0 spiro atoms. The number of aromatic hydroxyl groups is 1. The van der Waals surface area contributed by atoms with E-state index in [1.807, 2.05) is 0 Å². The molecule has 2 aromatic rings. The van der Waals surface area contributed by atoms with Crippen LogP contribution in [0.2, 0.25) is 0 Å². The Balaban J connectivity index is 2.30. The Morgan fingerprint density at radius 1 is 1.16 bits per heavy atom. The average molecular weight is 261 g/mol. The molecule has 4 nitrogen and oxygen atoms in total. The number of rotatable bonds is 4. The van der Waals surface area contributed by atoms with E-state index in [-0.39, 0.29) is 5.56 Å². The summed E-state index contributed by atoms with van der Waals surface area (Å²) in [5.41, 5.74) is 0.843. The molecule has 0 saturated carbocycles. The molecule has 0 saturated heterocycles. The third-order valence-electron chi connectivity index (χ3n) is 2.64. The van der Waals surface area contributed by atoms with Crippen LogP contribution in [-0.4, -0.2) is 16.2 Å². The van der Waals surface area contributed by atoms with Crippen molar-refractivity contribution in [3.63, 3.8) is 0 Å². The fourth-order valence-electron chi connectivity index (χ4n) is 1.69. The highest BCUT2D eigenvalue weighted by molar-refractivity contribution is 5.79. The number of carbonyl (C=O) groups is 1. The van der Waals surface area contributed by atoms with E-state index in [4.69, 9.17) is 5.11 Å². The minimum Gasteiger partial charge on any atom is -0.505 e. The normalized spacial score (nSPS) is 11.8. The van der Waals surface area contributed by atoms with Crippen molar-refractivity contribution in [2.45, 2.75) is 6.04 Å². The van der Waals surface area contributed by atoms with Gasteiger partial charge in [0.2, 0.25) is 0 Å². The molecule has 0 fully saturated rings. The van der Waals surface area contributed by atoms with Gasteiger partial charge in [0.25, 0.3) is 0 Å². The molecule has 1 unspecified atom stereocenters. The summed E-state index contributed by atoms with van der Waals surface area (Å²) >= 11 is 0. The van der Waals surface area contributed by atoms with Gasteiger partial charge in [0.15, 0.2) is 17.6 Å². The first-order valence-electron chi connectivity index (χ1n) is 5.61. The maximum Gasteiger partial charge on any atom is 0.330 e. The summed E-state index contributed by atoms with van der Waals surface area (Å²) in [5.74, 6) is -2.49. The zero-order valence-corrected chi connectivity index (χ0v) is 9.88. The highest BCUT2D eigenvalue weighted by Crippen LogP contribution is 2.24. The quantitative estimate of drug-likeness (QED) is 0.791. The first-order valence-corrected chi connectivity index (χ1v) is 5.61. The van der Waals surface area contributed by atoms with Crippen LogP contribution in [0, 0.1) is 5.82 Å². The van der Waals surface area contributed by atoms with E-state index in [2.05, 4.69) is 5.32 Å². The van der Waals surface area contributed by atoms with E-state index in [9.17, 15) is 14.3 Å². The fourth-order valence-corrected chi connectivity index (χ4v) is 1.69. The Bertz CT molecular complexity index is 586. The summed E-state index contributed by atoms with van der Waals surface area (Å²) in [6.07, 6.45) is 0.